The summed E-state index contributed by atoms with van der Waals surface area (Å²) in [5, 5.41) is 11.4. The highest BCUT2D eigenvalue weighted by molar-refractivity contribution is 7.11. The monoisotopic (exact) mass is 288 g/mol. The Balaban J connectivity index is 2.44. The second-order valence-corrected chi connectivity index (χ2v) is 5.24. The van der Waals surface area contributed by atoms with Crippen LogP contribution >= 0.6 is 11.3 Å². The van der Waals surface area contributed by atoms with Crippen LogP contribution in [-0.4, -0.2) is 17.7 Å². The Morgan fingerprint density at radius 1 is 1.40 bits per heavy atom. The Kier molecular flexibility index (Phi) is 4.58. The number of rotatable bonds is 5. The third-order valence-corrected chi connectivity index (χ3v) is 3.83. The van der Waals surface area contributed by atoms with E-state index in [1.165, 1.54) is 11.3 Å². The molecular weight excluding hydrogens is 272 g/mol. The quantitative estimate of drug-likeness (QED) is 0.843. The van der Waals surface area contributed by atoms with Crippen molar-refractivity contribution in [1.82, 2.24) is 0 Å². The van der Waals surface area contributed by atoms with Gasteiger partial charge in [0.2, 0.25) is 0 Å². The molecule has 0 aliphatic heterocycles. The SMILES string of the molecule is CCOc1cccc(/C(=C/c2sccc2C)C(=O)O)c1. The van der Waals surface area contributed by atoms with E-state index in [2.05, 4.69) is 0 Å². The van der Waals surface area contributed by atoms with Crippen molar-refractivity contribution >= 4 is 29.0 Å². The van der Waals surface area contributed by atoms with Gasteiger partial charge in [0, 0.05) is 4.88 Å². The lowest BCUT2D eigenvalue weighted by molar-refractivity contribution is -0.130. The number of benzene rings is 1. The van der Waals surface area contributed by atoms with E-state index in [9.17, 15) is 9.90 Å². The van der Waals surface area contributed by atoms with Crippen molar-refractivity contribution in [1.29, 1.82) is 0 Å². The first-order chi connectivity index (χ1) is 9.61. The van der Waals surface area contributed by atoms with E-state index >= 15 is 0 Å². The molecule has 0 aliphatic rings. The van der Waals surface area contributed by atoms with Crippen LogP contribution in [0.25, 0.3) is 11.6 Å². The van der Waals surface area contributed by atoms with Crippen LogP contribution in [0.4, 0.5) is 0 Å². The molecule has 0 atom stereocenters. The molecule has 0 aliphatic carbocycles. The fourth-order valence-electron chi connectivity index (χ4n) is 1.85. The van der Waals surface area contributed by atoms with Gasteiger partial charge in [0.15, 0.2) is 0 Å². The van der Waals surface area contributed by atoms with Crippen molar-refractivity contribution in [3.63, 3.8) is 0 Å². The first kappa shape index (κ1) is 14.3. The van der Waals surface area contributed by atoms with Gasteiger partial charge in [-0.1, -0.05) is 12.1 Å². The van der Waals surface area contributed by atoms with Crippen molar-refractivity contribution in [3.8, 4) is 5.75 Å². The van der Waals surface area contributed by atoms with Crippen LogP contribution in [0.5, 0.6) is 5.75 Å². The van der Waals surface area contributed by atoms with Gasteiger partial charge in [0.1, 0.15) is 5.75 Å². The molecule has 4 heteroatoms. The molecule has 1 N–H and O–H groups in total. The number of aryl methyl sites for hydroxylation is 1. The number of thiophene rings is 1. The molecular formula is C16H16O3S. The van der Waals surface area contributed by atoms with E-state index in [4.69, 9.17) is 4.74 Å². The predicted octanol–water partition coefficient (Wildman–Crippen LogP) is 4.08. The Labute approximate surface area is 122 Å². The minimum Gasteiger partial charge on any atom is -0.494 e. The highest BCUT2D eigenvalue weighted by Gasteiger charge is 2.12. The minimum absolute atomic E-state index is 0.275. The molecule has 1 heterocycles. The fourth-order valence-corrected chi connectivity index (χ4v) is 2.71. The molecule has 0 saturated carbocycles. The second-order valence-electron chi connectivity index (χ2n) is 4.29. The third kappa shape index (κ3) is 3.27. The summed E-state index contributed by atoms with van der Waals surface area (Å²) in [4.78, 5) is 12.5. The van der Waals surface area contributed by atoms with Crippen LogP contribution in [0.2, 0.25) is 0 Å². The van der Waals surface area contributed by atoms with Gasteiger partial charge < -0.3 is 9.84 Å². The van der Waals surface area contributed by atoms with Crippen LogP contribution in [0.3, 0.4) is 0 Å². The number of carbonyl (C=O) groups is 1. The maximum atomic E-state index is 11.5. The summed E-state index contributed by atoms with van der Waals surface area (Å²) in [5.41, 5.74) is 2.00. The number of aliphatic carboxylic acids is 1. The summed E-state index contributed by atoms with van der Waals surface area (Å²) in [6, 6.07) is 9.14. The topological polar surface area (TPSA) is 46.5 Å². The van der Waals surface area contributed by atoms with Gasteiger partial charge in [-0.05, 0) is 54.6 Å². The molecule has 0 fully saturated rings. The van der Waals surface area contributed by atoms with Crippen molar-refractivity contribution in [2.75, 3.05) is 6.61 Å². The van der Waals surface area contributed by atoms with E-state index in [1.54, 1.807) is 24.3 Å². The van der Waals surface area contributed by atoms with Gasteiger partial charge in [-0.2, -0.15) is 0 Å². The Morgan fingerprint density at radius 3 is 2.80 bits per heavy atom. The van der Waals surface area contributed by atoms with Gasteiger partial charge in [0.25, 0.3) is 0 Å². The largest absolute Gasteiger partial charge is 0.494 e. The maximum Gasteiger partial charge on any atom is 0.336 e. The molecule has 104 valence electrons. The van der Waals surface area contributed by atoms with Gasteiger partial charge in [-0.15, -0.1) is 11.3 Å². The van der Waals surface area contributed by atoms with Crippen LogP contribution in [-0.2, 0) is 4.79 Å². The smallest absolute Gasteiger partial charge is 0.336 e. The number of hydrogen-bond donors (Lipinski definition) is 1. The van der Waals surface area contributed by atoms with Crippen LogP contribution in [0.15, 0.2) is 35.7 Å². The lowest BCUT2D eigenvalue weighted by Gasteiger charge is -2.07. The molecule has 2 rings (SSSR count). The molecule has 1 aromatic heterocycles. The predicted molar refractivity (Wildman–Crippen MR) is 82.2 cm³/mol. The first-order valence-electron chi connectivity index (χ1n) is 6.34. The molecule has 0 saturated heterocycles. The van der Waals surface area contributed by atoms with E-state index in [1.807, 2.05) is 31.4 Å². The van der Waals surface area contributed by atoms with E-state index in [0.29, 0.717) is 17.9 Å². The summed E-state index contributed by atoms with van der Waals surface area (Å²) in [6.45, 7) is 4.42. The average molecular weight is 288 g/mol. The summed E-state index contributed by atoms with van der Waals surface area (Å²) in [5.74, 6) is -0.258. The van der Waals surface area contributed by atoms with Crippen LogP contribution in [0.1, 0.15) is 22.9 Å². The number of hydrogen-bond acceptors (Lipinski definition) is 3. The van der Waals surface area contributed by atoms with Gasteiger partial charge in [0.05, 0.1) is 12.2 Å². The molecule has 1 aromatic carbocycles. The Bertz CT molecular complexity index is 641. The summed E-state index contributed by atoms with van der Waals surface area (Å²) >= 11 is 1.53. The van der Waals surface area contributed by atoms with E-state index in [0.717, 1.165) is 10.4 Å². The van der Waals surface area contributed by atoms with E-state index in [-0.39, 0.29) is 5.57 Å². The number of carboxylic acid groups (broad SMARTS) is 1. The summed E-state index contributed by atoms with van der Waals surface area (Å²) < 4.78 is 5.42. The number of carboxylic acids is 1. The zero-order valence-corrected chi connectivity index (χ0v) is 12.2. The highest BCUT2D eigenvalue weighted by Crippen LogP contribution is 2.26. The van der Waals surface area contributed by atoms with Crippen molar-refractivity contribution in [3.05, 3.63) is 51.7 Å². The van der Waals surface area contributed by atoms with Gasteiger partial charge in [-0.25, -0.2) is 4.79 Å². The Hall–Kier alpha value is -2.07. The minimum atomic E-state index is -0.938. The molecule has 2 aromatic rings. The fraction of sp³-hybridized carbons (Fsp3) is 0.188. The van der Waals surface area contributed by atoms with Gasteiger partial charge in [-0.3, -0.25) is 0 Å². The maximum absolute atomic E-state index is 11.5. The Morgan fingerprint density at radius 2 is 2.20 bits per heavy atom. The average Bonchev–Trinajstić information content (AvgIpc) is 2.82. The van der Waals surface area contributed by atoms with Crippen LogP contribution in [0, 0.1) is 6.92 Å². The van der Waals surface area contributed by atoms with Crippen molar-refractivity contribution in [2.45, 2.75) is 13.8 Å². The number of ether oxygens (including phenoxy) is 1. The molecule has 0 spiro atoms. The standard InChI is InChI=1S/C16H16O3S/c1-3-19-13-6-4-5-12(9-13)14(16(17)18)10-15-11(2)7-8-20-15/h4-10H,3H2,1-2H3,(H,17,18)/b14-10-. The molecule has 0 radical (unpaired) electrons. The third-order valence-electron chi connectivity index (χ3n) is 2.86. The lowest BCUT2D eigenvalue weighted by atomic mass is 10.0. The molecule has 0 unspecified atom stereocenters. The zero-order chi connectivity index (χ0) is 14.5. The summed E-state index contributed by atoms with van der Waals surface area (Å²) in [7, 11) is 0. The molecule has 20 heavy (non-hydrogen) atoms. The van der Waals surface area contributed by atoms with Crippen molar-refractivity contribution in [2.24, 2.45) is 0 Å². The van der Waals surface area contributed by atoms with E-state index < -0.39 is 5.97 Å². The molecule has 0 amide bonds. The molecule has 0 bridgehead atoms. The normalized spacial score (nSPS) is 11.4. The van der Waals surface area contributed by atoms with Crippen molar-refractivity contribution < 1.29 is 14.6 Å². The highest BCUT2D eigenvalue weighted by atomic mass is 32.1. The first-order valence-corrected chi connectivity index (χ1v) is 7.22. The lowest BCUT2D eigenvalue weighted by Crippen LogP contribution is -2.00. The zero-order valence-electron chi connectivity index (χ0n) is 11.4. The van der Waals surface area contributed by atoms with Crippen LogP contribution < -0.4 is 4.74 Å². The summed E-state index contributed by atoms with van der Waals surface area (Å²) in [6.07, 6.45) is 1.72. The second kappa shape index (κ2) is 6.39. The molecule has 3 nitrogen and oxygen atoms in total. The van der Waals surface area contributed by atoms with Gasteiger partial charge >= 0.3 is 5.97 Å².